The minimum Gasteiger partial charge on any atom is -0.492 e. The number of urea groups is 1. The van der Waals surface area contributed by atoms with E-state index in [9.17, 15) is 19.5 Å². The summed E-state index contributed by atoms with van der Waals surface area (Å²) in [7, 11) is 0. The molecule has 0 fully saturated rings. The number of anilines is 2. The van der Waals surface area contributed by atoms with E-state index in [1.807, 2.05) is 0 Å². The van der Waals surface area contributed by atoms with Crippen molar-refractivity contribution < 1.29 is 24.3 Å². The molecule has 0 bridgehead atoms. The first kappa shape index (κ1) is 22.2. The Morgan fingerprint density at radius 3 is 2.35 bits per heavy atom. The van der Waals surface area contributed by atoms with E-state index in [1.165, 1.54) is 13.0 Å². The highest BCUT2D eigenvalue weighted by Crippen LogP contribution is 2.33. The summed E-state index contributed by atoms with van der Waals surface area (Å²) in [5.74, 6) is -1.49. The molecule has 2 aromatic carbocycles. The molecule has 0 aliphatic carbocycles. The van der Waals surface area contributed by atoms with Crippen molar-refractivity contribution in [1.82, 2.24) is 4.73 Å². The Morgan fingerprint density at radius 2 is 1.74 bits per heavy atom. The Bertz CT molecular complexity index is 1190. The minimum atomic E-state index is -0.843. The second kappa shape index (κ2) is 8.31. The molecule has 0 spiro atoms. The van der Waals surface area contributed by atoms with E-state index < -0.39 is 29.1 Å². The molecule has 9 heteroatoms. The van der Waals surface area contributed by atoms with E-state index in [-0.39, 0.29) is 11.1 Å². The normalized spacial score (nSPS) is 11.3. The SMILES string of the molecule is CC(=O)c1c(O)n(OC(=O)C(C)(C)C)c2cc(NC(=O)Nc3ccccc3Cl)ccc12. The van der Waals surface area contributed by atoms with E-state index >= 15 is 0 Å². The van der Waals surface area contributed by atoms with Crippen LogP contribution in [0.4, 0.5) is 16.2 Å². The standard InChI is InChI=1S/C22H22ClN3O5/c1-12(27)18-14-10-9-13(24-21(30)25-16-8-6-5-7-15(16)23)11-17(14)26(19(18)28)31-20(29)22(2,3)4/h5-11,28H,1-4H3,(H2,24,25,30). The maximum atomic E-state index is 12.4. The number of halogens is 1. The fourth-order valence-corrected chi connectivity index (χ4v) is 3.01. The van der Waals surface area contributed by atoms with Gasteiger partial charge in [-0.05, 0) is 58.0 Å². The van der Waals surface area contributed by atoms with Crippen LogP contribution in [0.15, 0.2) is 42.5 Å². The van der Waals surface area contributed by atoms with Crippen molar-refractivity contribution in [2.24, 2.45) is 5.41 Å². The number of Topliss-reactive ketones (excluding diaryl/α,β-unsaturated/α-hetero) is 1. The smallest absolute Gasteiger partial charge is 0.338 e. The molecule has 0 aliphatic heterocycles. The van der Waals surface area contributed by atoms with Gasteiger partial charge < -0.3 is 20.6 Å². The minimum absolute atomic E-state index is 0.0174. The fraction of sp³-hybridized carbons (Fsp3) is 0.227. The van der Waals surface area contributed by atoms with Gasteiger partial charge in [-0.3, -0.25) is 4.79 Å². The summed E-state index contributed by atoms with van der Waals surface area (Å²) in [4.78, 5) is 42.2. The van der Waals surface area contributed by atoms with Gasteiger partial charge in [0.1, 0.15) is 0 Å². The zero-order valence-corrected chi connectivity index (χ0v) is 18.2. The lowest BCUT2D eigenvalue weighted by molar-refractivity contribution is -0.153. The van der Waals surface area contributed by atoms with E-state index in [0.29, 0.717) is 21.8 Å². The van der Waals surface area contributed by atoms with Crippen molar-refractivity contribution >= 4 is 51.7 Å². The van der Waals surface area contributed by atoms with Crippen LogP contribution in [0.1, 0.15) is 38.1 Å². The average molecular weight is 444 g/mol. The second-order valence-corrected chi connectivity index (χ2v) is 8.38. The van der Waals surface area contributed by atoms with Gasteiger partial charge in [0.2, 0.25) is 5.88 Å². The lowest BCUT2D eigenvalue weighted by Crippen LogP contribution is -2.31. The Hall–Kier alpha value is -3.52. The summed E-state index contributed by atoms with van der Waals surface area (Å²) >= 11 is 6.05. The van der Waals surface area contributed by atoms with Gasteiger partial charge in [-0.1, -0.05) is 23.7 Å². The molecule has 3 rings (SSSR count). The zero-order valence-electron chi connectivity index (χ0n) is 17.4. The molecule has 1 aromatic heterocycles. The number of aromatic hydroxyl groups is 1. The first-order valence-corrected chi connectivity index (χ1v) is 9.80. The largest absolute Gasteiger partial charge is 0.492 e. The summed E-state index contributed by atoms with van der Waals surface area (Å²) in [6.45, 7) is 6.29. The third kappa shape index (κ3) is 4.64. The molecule has 0 unspecified atom stereocenters. The fourth-order valence-electron chi connectivity index (χ4n) is 2.83. The van der Waals surface area contributed by atoms with Gasteiger partial charge in [-0.15, -0.1) is 4.73 Å². The highest BCUT2D eigenvalue weighted by Gasteiger charge is 2.28. The molecule has 0 radical (unpaired) electrons. The zero-order chi connectivity index (χ0) is 22.9. The summed E-state index contributed by atoms with van der Waals surface area (Å²) in [6.07, 6.45) is 0. The Labute approximate surface area is 183 Å². The van der Waals surface area contributed by atoms with Crippen LogP contribution < -0.4 is 15.5 Å². The molecule has 1 heterocycles. The van der Waals surface area contributed by atoms with Gasteiger partial charge in [0, 0.05) is 11.1 Å². The van der Waals surface area contributed by atoms with Crippen molar-refractivity contribution in [3.8, 4) is 5.88 Å². The van der Waals surface area contributed by atoms with Crippen LogP contribution in [0.3, 0.4) is 0 Å². The summed E-state index contributed by atoms with van der Waals surface area (Å²) in [5, 5.41) is 16.6. The molecule has 162 valence electrons. The average Bonchev–Trinajstić information content (AvgIpc) is 2.94. The van der Waals surface area contributed by atoms with Crippen LogP contribution in [-0.4, -0.2) is 27.6 Å². The quantitative estimate of drug-likeness (QED) is 0.499. The lowest BCUT2D eigenvalue weighted by atomic mass is 9.98. The van der Waals surface area contributed by atoms with Crippen LogP contribution in [0.2, 0.25) is 5.02 Å². The van der Waals surface area contributed by atoms with Crippen molar-refractivity contribution in [2.45, 2.75) is 27.7 Å². The van der Waals surface area contributed by atoms with Crippen molar-refractivity contribution in [3.05, 3.63) is 53.1 Å². The van der Waals surface area contributed by atoms with Crippen LogP contribution in [0.5, 0.6) is 5.88 Å². The predicted molar refractivity (Wildman–Crippen MR) is 119 cm³/mol. The molecule has 2 amide bonds. The van der Waals surface area contributed by atoms with E-state index in [1.54, 1.807) is 57.2 Å². The van der Waals surface area contributed by atoms with Gasteiger partial charge >= 0.3 is 12.0 Å². The van der Waals surface area contributed by atoms with E-state index in [4.69, 9.17) is 16.4 Å². The number of carbonyl (C=O) groups is 3. The maximum absolute atomic E-state index is 12.4. The number of fused-ring (bicyclic) bond motifs is 1. The summed E-state index contributed by atoms with van der Waals surface area (Å²) < 4.78 is 0.900. The number of carbonyl (C=O) groups excluding carboxylic acids is 3. The van der Waals surface area contributed by atoms with Crippen molar-refractivity contribution in [2.75, 3.05) is 10.6 Å². The van der Waals surface area contributed by atoms with Crippen LogP contribution in [0.25, 0.3) is 10.9 Å². The molecule has 0 aliphatic rings. The van der Waals surface area contributed by atoms with E-state index in [2.05, 4.69) is 10.6 Å². The van der Waals surface area contributed by atoms with Gasteiger partial charge in [-0.25, -0.2) is 9.59 Å². The number of nitrogens with zero attached hydrogens (tertiary/aromatic N) is 1. The van der Waals surface area contributed by atoms with Crippen LogP contribution in [-0.2, 0) is 4.79 Å². The third-order valence-electron chi connectivity index (χ3n) is 4.42. The highest BCUT2D eigenvalue weighted by atomic mass is 35.5. The van der Waals surface area contributed by atoms with Crippen LogP contribution >= 0.6 is 11.6 Å². The van der Waals surface area contributed by atoms with Gasteiger partial charge in [0.25, 0.3) is 0 Å². The number of hydrogen-bond donors (Lipinski definition) is 3. The number of rotatable bonds is 4. The Morgan fingerprint density at radius 1 is 1.06 bits per heavy atom. The summed E-state index contributed by atoms with van der Waals surface area (Å²) in [6, 6.07) is 10.8. The molecule has 3 N–H and O–H groups in total. The predicted octanol–water partition coefficient (Wildman–Crippen LogP) is 4.85. The second-order valence-electron chi connectivity index (χ2n) is 7.97. The molecule has 8 nitrogen and oxygen atoms in total. The lowest BCUT2D eigenvalue weighted by Gasteiger charge is -2.17. The maximum Gasteiger partial charge on any atom is 0.338 e. The van der Waals surface area contributed by atoms with Crippen molar-refractivity contribution in [1.29, 1.82) is 0 Å². The molecule has 31 heavy (non-hydrogen) atoms. The monoisotopic (exact) mass is 443 g/mol. The number of para-hydroxylation sites is 1. The van der Waals surface area contributed by atoms with Gasteiger partial charge in [-0.2, -0.15) is 0 Å². The van der Waals surface area contributed by atoms with Gasteiger partial charge in [0.15, 0.2) is 5.78 Å². The molecular weight excluding hydrogens is 422 g/mol. The first-order valence-electron chi connectivity index (χ1n) is 9.42. The topological polar surface area (TPSA) is 110 Å². The van der Waals surface area contributed by atoms with E-state index in [0.717, 1.165) is 4.73 Å². The summed E-state index contributed by atoms with van der Waals surface area (Å²) in [5.41, 5.74) is 0.198. The number of benzene rings is 2. The van der Waals surface area contributed by atoms with Crippen molar-refractivity contribution in [3.63, 3.8) is 0 Å². The molecular formula is C22H22ClN3O5. The first-order chi connectivity index (χ1) is 14.5. The Kier molecular flexibility index (Phi) is 5.94. The molecule has 0 saturated carbocycles. The van der Waals surface area contributed by atoms with Crippen LogP contribution in [0, 0.1) is 5.41 Å². The molecule has 0 saturated heterocycles. The Balaban J connectivity index is 1.97. The highest BCUT2D eigenvalue weighted by molar-refractivity contribution is 6.33. The third-order valence-corrected chi connectivity index (χ3v) is 4.75. The number of nitrogens with one attached hydrogen (secondary N) is 2. The van der Waals surface area contributed by atoms with Gasteiger partial charge in [0.05, 0.1) is 27.2 Å². The number of amides is 2. The number of hydrogen-bond acceptors (Lipinski definition) is 5. The number of aromatic nitrogens is 1. The molecule has 3 aromatic rings. The number of ketones is 1. The molecule has 0 atom stereocenters.